The molecule has 1 atom stereocenters. The minimum absolute atomic E-state index is 0. The smallest absolute Gasteiger partial charge is 0.810 e. The number of hydrogen-bond donors (Lipinski definition) is 1. The van der Waals surface area contributed by atoms with E-state index in [4.69, 9.17) is 5.73 Å². The van der Waals surface area contributed by atoms with E-state index in [0.717, 1.165) is 11.1 Å². The van der Waals surface area contributed by atoms with Crippen LogP contribution in [0.4, 0.5) is 0 Å². The van der Waals surface area contributed by atoms with Crippen LogP contribution in [-0.2, 0) is 27.1 Å². The molecule has 3 rings (SSSR count). The van der Waals surface area contributed by atoms with Crippen molar-refractivity contribution in [2.75, 3.05) is 0 Å². The molecular weight excluding hydrogens is 505 g/mol. The van der Waals surface area contributed by atoms with Crippen molar-refractivity contribution in [2.24, 2.45) is 5.73 Å². The van der Waals surface area contributed by atoms with Gasteiger partial charge in [0, 0.05) is 35.1 Å². The van der Waals surface area contributed by atoms with Gasteiger partial charge in [-0.25, -0.2) is 0 Å². The van der Waals surface area contributed by atoms with E-state index in [2.05, 4.69) is 15.9 Å². The van der Waals surface area contributed by atoms with Crippen LogP contribution in [0.15, 0.2) is 53.1 Å². The molecule has 0 aliphatic rings. The zero-order chi connectivity index (χ0) is 21.2. The zero-order valence-electron chi connectivity index (χ0n) is 17.3. The number of nitrogens with zero attached hydrogens (tertiary/aromatic N) is 1. The summed E-state index contributed by atoms with van der Waals surface area (Å²) in [7, 11) is -5.04. The maximum Gasteiger partial charge on any atom is 1.00 e. The van der Waals surface area contributed by atoms with E-state index < -0.39 is 25.6 Å². The number of fused-ring (bicyclic) bond motifs is 1. The van der Waals surface area contributed by atoms with E-state index in [9.17, 15) is 23.9 Å². The van der Waals surface area contributed by atoms with Crippen LogP contribution in [0.3, 0.4) is 0 Å². The van der Waals surface area contributed by atoms with Crippen LogP contribution in [0, 0.1) is 0 Å². The summed E-state index contributed by atoms with van der Waals surface area (Å²) in [6, 6.07) is 14.4. The Labute approximate surface area is 232 Å². The van der Waals surface area contributed by atoms with Crippen molar-refractivity contribution in [1.29, 1.82) is 0 Å². The maximum atomic E-state index is 11.7. The Morgan fingerprint density at radius 2 is 1.81 bits per heavy atom. The van der Waals surface area contributed by atoms with Crippen molar-refractivity contribution in [1.82, 2.24) is 4.57 Å². The van der Waals surface area contributed by atoms with Crippen LogP contribution in [-0.4, -0.2) is 16.8 Å². The van der Waals surface area contributed by atoms with Crippen molar-refractivity contribution in [2.45, 2.75) is 25.0 Å². The average Bonchev–Trinajstić information content (AvgIpc) is 2.91. The van der Waals surface area contributed by atoms with Crippen LogP contribution in [0.5, 0.6) is 0 Å². The summed E-state index contributed by atoms with van der Waals surface area (Å²) in [5, 5.41) is 0.605. The molecule has 0 fully saturated rings. The third kappa shape index (κ3) is 6.87. The topological polar surface area (TPSA) is 128 Å². The molecule has 0 radical (unpaired) electrons. The summed E-state index contributed by atoms with van der Waals surface area (Å²) in [6.07, 6.45) is -0.0714. The van der Waals surface area contributed by atoms with Crippen molar-refractivity contribution in [3.05, 3.63) is 69.8 Å². The van der Waals surface area contributed by atoms with Gasteiger partial charge in [-0.15, -0.1) is 0 Å². The average molecular weight is 523 g/mol. The molecule has 0 aliphatic carbocycles. The Morgan fingerprint density at radius 3 is 2.35 bits per heavy atom. The summed E-state index contributed by atoms with van der Waals surface area (Å²) in [5.41, 5.74) is 6.54. The normalized spacial score (nSPS) is 12.0. The molecule has 31 heavy (non-hydrogen) atoms. The minimum atomic E-state index is -5.04. The van der Waals surface area contributed by atoms with Crippen LogP contribution in [0.25, 0.3) is 10.9 Å². The van der Waals surface area contributed by atoms with Gasteiger partial charge in [-0.1, -0.05) is 44.0 Å². The first-order valence-electron chi connectivity index (χ1n) is 8.80. The van der Waals surface area contributed by atoms with E-state index >= 15 is 0 Å². The number of benzene rings is 2. The number of aromatic nitrogens is 1. The number of amides is 1. The Morgan fingerprint density at radius 1 is 1.16 bits per heavy atom. The van der Waals surface area contributed by atoms with E-state index in [-0.39, 0.29) is 71.1 Å². The molecule has 1 amide bonds. The fourth-order valence-electron chi connectivity index (χ4n) is 3.42. The molecule has 0 bridgehead atoms. The number of carbonyl (C=O) groups excluding carboxylic acids is 2. The minimum Gasteiger partial charge on any atom is -0.810 e. The molecule has 0 aliphatic heterocycles. The van der Waals surface area contributed by atoms with Gasteiger partial charge in [-0.2, -0.15) is 0 Å². The van der Waals surface area contributed by atoms with Gasteiger partial charge in [0.2, 0.25) is 5.91 Å². The Balaban J connectivity index is 0.00000240. The molecule has 152 valence electrons. The summed E-state index contributed by atoms with van der Waals surface area (Å²) in [4.78, 5) is 45.8. The Hall–Kier alpha value is -0.250. The predicted octanol–water partition coefficient (Wildman–Crippen LogP) is -3.97. The van der Waals surface area contributed by atoms with Crippen molar-refractivity contribution in [3.63, 3.8) is 0 Å². The number of carbonyl (C=O) groups is 2. The van der Waals surface area contributed by atoms with Gasteiger partial charge >= 0.3 is 59.1 Å². The molecule has 2 N–H and O–H groups in total. The summed E-state index contributed by atoms with van der Waals surface area (Å²) >= 11 is 3.53. The standard InChI is InChI=1S/C20H20BrN2O5P.2Na/c21-20-16(11-19(22)25)15-10-14(18(8-9-24)29(26,27)28)6-7-17(15)23(20)12-13-4-2-1-3-5-13;;/h1-7,9-10,18H,8,11-12H2,(H2,22,25)(H2,26,27,28);;/q;2*+1/p-2. The van der Waals surface area contributed by atoms with Crippen LogP contribution in [0.1, 0.15) is 28.8 Å². The third-order valence-electron chi connectivity index (χ3n) is 4.74. The van der Waals surface area contributed by atoms with Crippen LogP contribution >= 0.6 is 23.5 Å². The number of hydrogen-bond acceptors (Lipinski definition) is 5. The SMILES string of the molecule is NC(=O)Cc1c(Br)n(Cc2ccccc2)c2ccc(C(CC=O)P(=O)([O-])[O-])cc12.[Na+].[Na+]. The quantitative estimate of drug-likeness (QED) is 0.183. The molecule has 1 aromatic heterocycles. The number of aldehydes is 1. The molecule has 3 aromatic rings. The Bertz CT molecular complexity index is 1120. The predicted molar refractivity (Wildman–Crippen MR) is 109 cm³/mol. The summed E-state index contributed by atoms with van der Waals surface area (Å²) in [5.74, 6) is -0.544. The summed E-state index contributed by atoms with van der Waals surface area (Å²) in [6.45, 7) is 0.509. The van der Waals surface area contributed by atoms with Gasteiger partial charge in [-0.05, 0) is 39.2 Å². The van der Waals surface area contributed by atoms with Gasteiger partial charge in [-0.3, -0.25) is 4.79 Å². The Kier molecular flexibility index (Phi) is 11.4. The largest absolute Gasteiger partial charge is 1.00 e. The van der Waals surface area contributed by atoms with Gasteiger partial charge in [0.1, 0.15) is 6.29 Å². The first-order chi connectivity index (χ1) is 13.7. The number of primary amides is 1. The molecule has 1 heterocycles. The molecule has 0 spiro atoms. The van der Waals surface area contributed by atoms with Gasteiger partial charge in [0.25, 0.3) is 0 Å². The molecular formula is C20H18BrN2Na2O5P. The number of halogens is 1. The second-order valence-corrected chi connectivity index (χ2v) is 9.17. The van der Waals surface area contributed by atoms with Crippen molar-refractivity contribution < 1.29 is 83.1 Å². The van der Waals surface area contributed by atoms with Gasteiger partial charge < -0.3 is 29.4 Å². The van der Waals surface area contributed by atoms with Gasteiger partial charge in [0.05, 0.1) is 11.0 Å². The summed E-state index contributed by atoms with van der Waals surface area (Å²) < 4.78 is 14.2. The first kappa shape index (κ1) is 28.8. The molecule has 11 heteroatoms. The fraction of sp³-hybridized carbons (Fsp3) is 0.200. The van der Waals surface area contributed by atoms with Gasteiger partial charge in [0.15, 0.2) is 0 Å². The number of nitrogens with two attached hydrogens (primary N) is 1. The van der Waals surface area contributed by atoms with Crippen LogP contribution < -0.4 is 74.6 Å². The van der Waals surface area contributed by atoms with E-state index in [0.29, 0.717) is 28.4 Å². The van der Waals surface area contributed by atoms with Crippen molar-refractivity contribution >= 4 is 46.6 Å². The zero-order valence-corrected chi connectivity index (χ0v) is 23.8. The van der Waals surface area contributed by atoms with Crippen LogP contribution in [0.2, 0.25) is 0 Å². The second kappa shape index (κ2) is 12.3. The molecule has 1 unspecified atom stereocenters. The molecule has 2 aromatic carbocycles. The third-order valence-corrected chi connectivity index (χ3v) is 6.92. The maximum absolute atomic E-state index is 11.7. The van der Waals surface area contributed by atoms with E-state index in [1.807, 2.05) is 34.9 Å². The first-order valence-corrected chi connectivity index (χ1v) is 11.2. The molecule has 0 saturated carbocycles. The molecule has 7 nitrogen and oxygen atoms in total. The van der Waals surface area contributed by atoms with E-state index in [1.54, 1.807) is 12.1 Å². The number of rotatable bonds is 8. The fourth-order valence-corrected chi connectivity index (χ4v) is 4.96. The van der Waals surface area contributed by atoms with Crippen molar-refractivity contribution in [3.8, 4) is 0 Å². The monoisotopic (exact) mass is 522 g/mol. The molecule has 0 saturated heterocycles. The van der Waals surface area contributed by atoms with E-state index in [1.165, 1.54) is 6.07 Å². The second-order valence-electron chi connectivity index (χ2n) is 6.72.